The van der Waals surface area contributed by atoms with Crippen LogP contribution in [0.25, 0.3) is 0 Å². The highest BCUT2D eigenvalue weighted by molar-refractivity contribution is 5.60. The number of nitrogens with zero attached hydrogens (tertiary/aromatic N) is 3. The summed E-state index contributed by atoms with van der Waals surface area (Å²) in [6.45, 7) is 7.55. The van der Waals surface area contributed by atoms with Gasteiger partial charge < -0.3 is 20.7 Å². The second-order valence-electron chi connectivity index (χ2n) is 7.42. The molecule has 0 aliphatic carbocycles. The zero-order valence-corrected chi connectivity index (χ0v) is 17.7. The van der Waals surface area contributed by atoms with Crippen molar-refractivity contribution in [3.8, 4) is 5.75 Å². The van der Waals surface area contributed by atoms with Crippen molar-refractivity contribution in [2.24, 2.45) is 0 Å². The molecular formula is C21H31FN6O. The van der Waals surface area contributed by atoms with Crippen molar-refractivity contribution in [2.75, 3.05) is 44.4 Å². The Kier molecular flexibility index (Phi) is 7.22. The Morgan fingerprint density at radius 2 is 2.00 bits per heavy atom. The number of benzene rings is 1. The van der Waals surface area contributed by atoms with Crippen LogP contribution in [0.5, 0.6) is 5.75 Å². The Morgan fingerprint density at radius 1 is 1.24 bits per heavy atom. The van der Waals surface area contributed by atoms with Gasteiger partial charge in [-0.25, -0.2) is 9.37 Å². The fraction of sp³-hybridized carbons (Fsp3) is 0.524. The first-order valence-corrected chi connectivity index (χ1v) is 10.1. The monoisotopic (exact) mass is 402 g/mol. The van der Waals surface area contributed by atoms with Crippen molar-refractivity contribution < 1.29 is 9.13 Å². The number of ether oxygens (including phenoxy) is 1. The van der Waals surface area contributed by atoms with E-state index in [9.17, 15) is 0 Å². The predicted octanol–water partition coefficient (Wildman–Crippen LogP) is 3.29. The Hall–Kier alpha value is -2.45. The van der Waals surface area contributed by atoms with Crippen LogP contribution in [-0.2, 0) is 6.54 Å². The molecule has 3 N–H and O–H groups in total. The number of likely N-dealkylation sites (tertiary alicyclic amines) is 1. The average molecular weight is 403 g/mol. The highest BCUT2D eigenvalue weighted by Gasteiger charge is 2.19. The molecule has 1 aromatic carbocycles. The summed E-state index contributed by atoms with van der Waals surface area (Å²) in [7, 11) is 3.34. The van der Waals surface area contributed by atoms with E-state index in [1.54, 1.807) is 26.3 Å². The first-order chi connectivity index (χ1) is 14.0. The molecule has 0 spiro atoms. The molecule has 8 heteroatoms. The van der Waals surface area contributed by atoms with Crippen LogP contribution in [0.2, 0.25) is 0 Å². The van der Waals surface area contributed by atoms with Crippen LogP contribution in [0.3, 0.4) is 0 Å². The highest BCUT2D eigenvalue weighted by atomic mass is 19.1. The second kappa shape index (κ2) is 9.84. The number of nitrogens with one attached hydrogen (secondary N) is 3. The summed E-state index contributed by atoms with van der Waals surface area (Å²) in [5.74, 6) is 1.18. The summed E-state index contributed by atoms with van der Waals surface area (Å²) >= 11 is 0. The van der Waals surface area contributed by atoms with Crippen molar-refractivity contribution in [1.29, 1.82) is 0 Å². The molecule has 1 aromatic heterocycles. The van der Waals surface area contributed by atoms with E-state index >= 15 is 4.39 Å². The summed E-state index contributed by atoms with van der Waals surface area (Å²) in [6, 6.07) is 5.66. The van der Waals surface area contributed by atoms with E-state index in [2.05, 4.69) is 37.7 Å². The molecule has 1 aliphatic rings. The molecule has 0 unspecified atom stereocenters. The van der Waals surface area contributed by atoms with E-state index in [1.807, 2.05) is 13.0 Å². The standard InChI is InChI=1S/C21H31FN6O/c1-14-11-19(23-3)27-21(25-14)26-17-7-8-18(29-4)16(20(17)22)13-24-12-15(2)28-9-5-6-10-28/h7-8,11,15,24H,5-6,9-10,12-13H2,1-4H3,(H2,23,25,26,27)/t15-/m0/s1. The summed E-state index contributed by atoms with van der Waals surface area (Å²) in [5, 5.41) is 9.36. The first kappa shape index (κ1) is 21.3. The van der Waals surface area contributed by atoms with Gasteiger partial charge in [-0.15, -0.1) is 0 Å². The van der Waals surface area contributed by atoms with Gasteiger partial charge in [0.1, 0.15) is 11.6 Å². The zero-order chi connectivity index (χ0) is 20.8. The van der Waals surface area contributed by atoms with Gasteiger partial charge in [0.15, 0.2) is 5.82 Å². The molecule has 7 nitrogen and oxygen atoms in total. The van der Waals surface area contributed by atoms with Gasteiger partial charge in [0.05, 0.1) is 12.8 Å². The lowest BCUT2D eigenvalue weighted by atomic mass is 10.1. The van der Waals surface area contributed by atoms with E-state index in [0.29, 0.717) is 41.4 Å². The Labute approximate surface area is 172 Å². The van der Waals surface area contributed by atoms with Gasteiger partial charge in [0.25, 0.3) is 0 Å². The summed E-state index contributed by atoms with van der Waals surface area (Å²) in [4.78, 5) is 11.1. The van der Waals surface area contributed by atoms with Crippen LogP contribution >= 0.6 is 0 Å². The van der Waals surface area contributed by atoms with Crippen LogP contribution in [0.15, 0.2) is 18.2 Å². The van der Waals surface area contributed by atoms with Gasteiger partial charge in [-0.3, -0.25) is 4.90 Å². The maximum atomic E-state index is 15.2. The van der Waals surface area contributed by atoms with Crippen LogP contribution in [0, 0.1) is 12.7 Å². The molecule has 0 radical (unpaired) electrons. The van der Waals surface area contributed by atoms with Gasteiger partial charge in [-0.1, -0.05) is 0 Å². The van der Waals surface area contributed by atoms with Gasteiger partial charge in [0, 0.05) is 43.5 Å². The van der Waals surface area contributed by atoms with Gasteiger partial charge in [0.2, 0.25) is 5.95 Å². The first-order valence-electron chi connectivity index (χ1n) is 10.1. The summed E-state index contributed by atoms with van der Waals surface area (Å²) in [6.07, 6.45) is 2.52. The number of aromatic nitrogens is 2. The maximum absolute atomic E-state index is 15.2. The molecule has 2 aromatic rings. The van der Waals surface area contributed by atoms with E-state index in [4.69, 9.17) is 4.74 Å². The number of methoxy groups -OCH3 is 1. The topological polar surface area (TPSA) is 74.3 Å². The third-order valence-electron chi connectivity index (χ3n) is 5.28. The third kappa shape index (κ3) is 5.33. The largest absolute Gasteiger partial charge is 0.496 e. The smallest absolute Gasteiger partial charge is 0.229 e. The number of rotatable bonds is 9. The van der Waals surface area contributed by atoms with Crippen LogP contribution in [0.4, 0.5) is 21.8 Å². The lowest BCUT2D eigenvalue weighted by Crippen LogP contribution is -2.38. The van der Waals surface area contributed by atoms with Crippen LogP contribution in [0.1, 0.15) is 31.0 Å². The molecule has 1 atom stereocenters. The Balaban J connectivity index is 1.72. The highest BCUT2D eigenvalue weighted by Crippen LogP contribution is 2.29. The third-order valence-corrected chi connectivity index (χ3v) is 5.28. The number of hydrogen-bond donors (Lipinski definition) is 3. The average Bonchev–Trinajstić information content (AvgIpc) is 3.25. The fourth-order valence-electron chi connectivity index (χ4n) is 3.65. The van der Waals surface area contributed by atoms with Crippen LogP contribution < -0.4 is 20.7 Å². The maximum Gasteiger partial charge on any atom is 0.229 e. The normalized spacial score (nSPS) is 15.3. The molecule has 1 saturated heterocycles. The van der Waals surface area contributed by atoms with Gasteiger partial charge in [-0.2, -0.15) is 4.98 Å². The Morgan fingerprint density at radius 3 is 2.69 bits per heavy atom. The summed E-state index contributed by atoms with van der Waals surface area (Å²) < 4.78 is 20.6. The van der Waals surface area contributed by atoms with Crippen molar-refractivity contribution in [1.82, 2.24) is 20.2 Å². The predicted molar refractivity (Wildman–Crippen MR) is 115 cm³/mol. The fourth-order valence-corrected chi connectivity index (χ4v) is 3.65. The molecule has 0 amide bonds. The number of halogens is 1. The van der Waals surface area contributed by atoms with Crippen molar-refractivity contribution in [3.63, 3.8) is 0 Å². The molecule has 2 heterocycles. The second-order valence-corrected chi connectivity index (χ2v) is 7.42. The molecule has 0 saturated carbocycles. The van der Waals surface area contributed by atoms with Crippen molar-refractivity contribution in [2.45, 2.75) is 39.3 Å². The molecule has 1 aliphatic heterocycles. The minimum Gasteiger partial charge on any atom is -0.496 e. The van der Waals surface area contributed by atoms with E-state index in [-0.39, 0.29) is 5.82 Å². The SMILES string of the molecule is CNc1cc(C)nc(Nc2ccc(OC)c(CNC[C@H](C)N3CCCC3)c2F)n1. The molecule has 158 valence electrons. The van der Waals surface area contributed by atoms with E-state index in [1.165, 1.54) is 12.8 Å². The van der Waals surface area contributed by atoms with Crippen molar-refractivity contribution in [3.05, 3.63) is 35.3 Å². The lowest BCUT2D eigenvalue weighted by Gasteiger charge is -2.24. The zero-order valence-electron chi connectivity index (χ0n) is 17.7. The Bertz CT molecular complexity index is 825. The number of anilines is 3. The molecule has 29 heavy (non-hydrogen) atoms. The van der Waals surface area contributed by atoms with E-state index in [0.717, 1.165) is 25.3 Å². The lowest BCUT2D eigenvalue weighted by molar-refractivity contribution is 0.251. The molecular weight excluding hydrogens is 371 g/mol. The van der Waals surface area contributed by atoms with Gasteiger partial charge >= 0.3 is 0 Å². The molecule has 1 fully saturated rings. The van der Waals surface area contributed by atoms with Gasteiger partial charge in [-0.05, 0) is 51.9 Å². The molecule has 3 rings (SSSR count). The number of aryl methyl sites for hydroxylation is 1. The summed E-state index contributed by atoms with van der Waals surface area (Å²) in [5.41, 5.74) is 1.61. The minimum atomic E-state index is -0.359. The quantitative estimate of drug-likeness (QED) is 0.594. The number of hydrogen-bond acceptors (Lipinski definition) is 7. The minimum absolute atomic E-state index is 0.322. The van der Waals surface area contributed by atoms with Crippen molar-refractivity contribution >= 4 is 17.5 Å². The van der Waals surface area contributed by atoms with Crippen LogP contribution in [-0.4, -0.2) is 54.7 Å². The molecule has 0 bridgehead atoms. The van der Waals surface area contributed by atoms with E-state index < -0.39 is 0 Å².